The third kappa shape index (κ3) is 1.77. The molecule has 12 heavy (non-hydrogen) atoms. The lowest BCUT2D eigenvalue weighted by atomic mass is 9.92. The molecule has 2 N–H and O–H groups in total. The minimum absolute atomic E-state index is 0.0470. The summed E-state index contributed by atoms with van der Waals surface area (Å²) in [4.78, 5) is 0. The molecule has 1 aliphatic rings. The second-order valence-corrected chi connectivity index (χ2v) is 3.18. The summed E-state index contributed by atoms with van der Waals surface area (Å²) in [6.07, 6.45) is -1.06. The number of rotatable bonds is 2. The van der Waals surface area contributed by atoms with Crippen LogP contribution in [0.2, 0.25) is 0 Å². The highest BCUT2D eigenvalue weighted by molar-refractivity contribution is 4.84. The highest BCUT2D eigenvalue weighted by Gasteiger charge is 2.36. The molecule has 72 valence electrons. The van der Waals surface area contributed by atoms with E-state index in [1.807, 2.05) is 6.92 Å². The van der Waals surface area contributed by atoms with Crippen LogP contribution in [0.1, 0.15) is 6.92 Å². The van der Waals surface area contributed by atoms with Crippen LogP contribution in [-0.2, 0) is 9.47 Å². The van der Waals surface area contributed by atoms with Gasteiger partial charge < -0.3 is 19.7 Å². The van der Waals surface area contributed by atoms with Gasteiger partial charge in [-0.15, -0.1) is 0 Å². The second kappa shape index (κ2) is 4.18. The Morgan fingerprint density at radius 3 is 2.75 bits per heavy atom. The molecule has 0 bridgehead atoms. The zero-order valence-corrected chi connectivity index (χ0v) is 7.43. The van der Waals surface area contributed by atoms with E-state index in [0.29, 0.717) is 6.61 Å². The van der Waals surface area contributed by atoms with Crippen LogP contribution in [-0.4, -0.2) is 48.8 Å². The fourth-order valence-corrected chi connectivity index (χ4v) is 1.45. The molecule has 0 aromatic carbocycles. The summed E-state index contributed by atoms with van der Waals surface area (Å²) in [6.45, 7) is 2.15. The number of hydrogen-bond acceptors (Lipinski definition) is 4. The van der Waals surface area contributed by atoms with Crippen LogP contribution < -0.4 is 0 Å². The summed E-state index contributed by atoms with van der Waals surface area (Å²) in [5.74, 6) is -0.0753. The molecule has 4 heteroatoms. The van der Waals surface area contributed by atoms with E-state index in [1.165, 1.54) is 0 Å². The Morgan fingerprint density at radius 1 is 1.58 bits per heavy atom. The molecule has 0 aromatic heterocycles. The largest absolute Gasteiger partial charge is 0.394 e. The zero-order chi connectivity index (χ0) is 9.14. The molecule has 4 atom stereocenters. The van der Waals surface area contributed by atoms with E-state index in [9.17, 15) is 5.11 Å². The maximum atomic E-state index is 9.62. The number of methoxy groups -OCH3 is 1. The van der Waals surface area contributed by atoms with E-state index in [1.54, 1.807) is 7.11 Å². The predicted molar refractivity (Wildman–Crippen MR) is 42.8 cm³/mol. The van der Waals surface area contributed by atoms with Crippen molar-refractivity contribution in [3.63, 3.8) is 0 Å². The predicted octanol–water partition coefficient (Wildman–Crippen LogP) is -0.611. The van der Waals surface area contributed by atoms with Crippen molar-refractivity contribution in [2.45, 2.75) is 25.2 Å². The maximum absolute atomic E-state index is 9.62. The molecule has 1 aliphatic heterocycles. The standard InChI is InChI=1S/C8H16O4/c1-5-6(3-9)12-4-7(11-2)8(5)10/h5-10H,3-4H2,1-2H3/t5-,6?,7?,8?/m1/s1. The lowest BCUT2D eigenvalue weighted by Crippen LogP contribution is -2.49. The van der Waals surface area contributed by atoms with Crippen LogP contribution in [0.5, 0.6) is 0 Å². The molecule has 0 aliphatic carbocycles. The fourth-order valence-electron chi connectivity index (χ4n) is 1.45. The average Bonchev–Trinajstić information content (AvgIpc) is 2.10. The molecule has 1 rings (SSSR count). The van der Waals surface area contributed by atoms with Crippen LogP contribution in [0, 0.1) is 5.92 Å². The number of aliphatic hydroxyl groups is 2. The minimum Gasteiger partial charge on any atom is -0.394 e. The molecule has 1 saturated heterocycles. The highest BCUT2D eigenvalue weighted by Crippen LogP contribution is 2.22. The summed E-state index contributed by atoms with van der Waals surface area (Å²) in [5, 5.41) is 18.5. The van der Waals surface area contributed by atoms with Crippen molar-refractivity contribution in [1.82, 2.24) is 0 Å². The van der Waals surface area contributed by atoms with Crippen LogP contribution in [0.25, 0.3) is 0 Å². The Hall–Kier alpha value is -0.160. The van der Waals surface area contributed by atoms with Gasteiger partial charge >= 0.3 is 0 Å². The quantitative estimate of drug-likeness (QED) is 0.589. The first-order valence-electron chi connectivity index (χ1n) is 4.14. The molecule has 0 spiro atoms. The Kier molecular flexibility index (Phi) is 3.46. The molecule has 1 fully saturated rings. The van der Waals surface area contributed by atoms with Crippen LogP contribution >= 0.6 is 0 Å². The third-order valence-electron chi connectivity index (χ3n) is 2.46. The van der Waals surface area contributed by atoms with Gasteiger partial charge in [0, 0.05) is 13.0 Å². The van der Waals surface area contributed by atoms with E-state index in [0.717, 1.165) is 0 Å². The molecule has 0 aromatic rings. The maximum Gasteiger partial charge on any atom is 0.107 e. The molecule has 0 saturated carbocycles. The van der Waals surface area contributed by atoms with Crippen LogP contribution in [0.15, 0.2) is 0 Å². The summed E-state index contributed by atoms with van der Waals surface area (Å²) < 4.78 is 10.3. The van der Waals surface area contributed by atoms with Gasteiger partial charge in [0.15, 0.2) is 0 Å². The average molecular weight is 176 g/mol. The van der Waals surface area contributed by atoms with Crippen molar-refractivity contribution in [2.75, 3.05) is 20.3 Å². The van der Waals surface area contributed by atoms with Gasteiger partial charge in [-0.1, -0.05) is 6.92 Å². The van der Waals surface area contributed by atoms with Crippen LogP contribution in [0.4, 0.5) is 0 Å². The smallest absolute Gasteiger partial charge is 0.107 e. The van der Waals surface area contributed by atoms with E-state index in [4.69, 9.17) is 14.6 Å². The number of aliphatic hydroxyl groups excluding tert-OH is 2. The molecule has 3 unspecified atom stereocenters. The molecule has 4 nitrogen and oxygen atoms in total. The van der Waals surface area contributed by atoms with Gasteiger partial charge in [0.25, 0.3) is 0 Å². The monoisotopic (exact) mass is 176 g/mol. The van der Waals surface area contributed by atoms with E-state index < -0.39 is 6.10 Å². The van der Waals surface area contributed by atoms with Crippen molar-refractivity contribution in [3.8, 4) is 0 Å². The second-order valence-electron chi connectivity index (χ2n) is 3.18. The lowest BCUT2D eigenvalue weighted by molar-refractivity contribution is -0.172. The molecule has 0 amide bonds. The topological polar surface area (TPSA) is 58.9 Å². The Labute approximate surface area is 72.1 Å². The number of ether oxygens (including phenoxy) is 2. The lowest BCUT2D eigenvalue weighted by Gasteiger charge is -2.37. The molecule has 1 heterocycles. The Balaban J connectivity index is 2.52. The molecule has 0 radical (unpaired) electrons. The third-order valence-corrected chi connectivity index (χ3v) is 2.46. The minimum atomic E-state index is -0.541. The van der Waals surface area contributed by atoms with Crippen molar-refractivity contribution >= 4 is 0 Å². The summed E-state index contributed by atoms with van der Waals surface area (Å²) >= 11 is 0. The number of hydrogen-bond donors (Lipinski definition) is 2. The highest BCUT2D eigenvalue weighted by atomic mass is 16.6. The van der Waals surface area contributed by atoms with Gasteiger partial charge in [-0.05, 0) is 0 Å². The van der Waals surface area contributed by atoms with Crippen molar-refractivity contribution < 1.29 is 19.7 Å². The summed E-state index contributed by atoms with van der Waals surface area (Å²) in [7, 11) is 1.54. The first-order valence-corrected chi connectivity index (χ1v) is 4.14. The van der Waals surface area contributed by atoms with E-state index in [2.05, 4.69) is 0 Å². The van der Waals surface area contributed by atoms with Gasteiger partial charge in [0.1, 0.15) is 6.10 Å². The first-order chi connectivity index (χ1) is 5.70. The zero-order valence-electron chi connectivity index (χ0n) is 7.43. The van der Waals surface area contributed by atoms with Gasteiger partial charge in [-0.2, -0.15) is 0 Å². The van der Waals surface area contributed by atoms with E-state index in [-0.39, 0.29) is 24.7 Å². The van der Waals surface area contributed by atoms with Gasteiger partial charge in [-0.25, -0.2) is 0 Å². The first kappa shape index (κ1) is 9.92. The SMILES string of the molecule is COC1COC(CO)[C@@H](C)C1O. The fraction of sp³-hybridized carbons (Fsp3) is 1.00. The summed E-state index contributed by atoms with van der Waals surface area (Å²) in [6, 6.07) is 0. The normalized spacial score (nSPS) is 43.0. The van der Waals surface area contributed by atoms with Gasteiger partial charge in [0.05, 0.1) is 25.4 Å². The summed E-state index contributed by atoms with van der Waals surface area (Å²) in [5.41, 5.74) is 0. The molecular weight excluding hydrogens is 160 g/mol. The van der Waals surface area contributed by atoms with Crippen molar-refractivity contribution in [1.29, 1.82) is 0 Å². The molecular formula is C8H16O4. The van der Waals surface area contributed by atoms with Crippen molar-refractivity contribution in [3.05, 3.63) is 0 Å². The van der Waals surface area contributed by atoms with Crippen LogP contribution in [0.3, 0.4) is 0 Å². The Morgan fingerprint density at radius 2 is 2.25 bits per heavy atom. The van der Waals surface area contributed by atoms with Gasteiger partial charge in [0.2, 0.25) is 0 Å². The van der Waals surface area contributed by atoms with Crippen molar-refractivity contribution in [2.24, 2.45) is 5.92 Å². The Bertz CT molecular complexity index is 123. The van der Waals surface area contributed by atoms with E-state index >= 15 is 0 Å². The van der Waals surface area contributed by atoms with Gasteiger partial charge in [-0.3, -0.25) is 0 Å².